The Balaban J connectivity index is 1.50. The minimum atomic E-state index is -1.04. The number of alkyl carbamates (subject to hydrolysis) is 1. The third kappa shape index (κ3) is 5.92. The number of rotatable bonds is 8. The van der Waals surface area contributed by atoms with Crippen molar-refractivity contribution in [2.75, 3.05) is 20.2 Å². The highest BCUT2D eigenvalue weighted by molar-refractivity contribution is 5.84. The van der Waals surface area contributed by atoms with Gasteiger partial charge in [-0.25, -0.2) is 9.59 Å². The first-order valence-electron chi connectivity index (χ1n) is 11.2. The van der Waals surface area contributed by atoms with Crippen LogP contribution in [0.15, 0.2) is 48.5 Å². The molecule has 7 heteroatoms. The van der Waals surface area contributed by atoms with Gasteiger partial charge in [0.05, 0.1) is 0 Å². The molecule has 0 bridgehead atoms. The Morgan fingerprint density at radius 1 is 1.03 bits per heavy atom. The van der Waals surface area contributed by atoms with Crippen molar-refractivity contribution < 1.29 is 24.2 Å². The van der Waals surface area contributed by atoms with Gasteiger partial charge in [-0.2, -0.15) is 0 Å². The number of benzene rings is 2. The number of ether oxygens (including phenoxy) is 1. The van der Waals surface area contributed by atoms with Gasteiger partial charge in [0.2, 0.25) is 5.91 Å². The number of carboxylic acids is 1. The second-order valence-electron chi connectivity index (χ2n) is 9.63. The number of hydrogen-bond donors (Lipinski definition) is 2. The molecule has 1 unspecified atom stereocenters. The molecular weight excluding hydrogens is 420 g/mol. The van der Waals surface area contributed by atoms with Crippen LogP contribution in [0, 0.1) is 5.41 Å². The standard InChI is InChI=1S/C26H32N2O5/c1-26(2,3)15-22(24(30)31)28(4)23(29)13-14-27-25(32)33-16-21-19-11-7-5-9-17(19)18-10-6-8-12-20(18)21/h5-12,21-22H,13-16H2,1-4H3,(H,27,32)(H,30,31). The van der Waals surface area contributed by atoms with Crippen molar-refractivity contribution in [1.82, 2.24) is 10.2 Å². The number of fused-ring (bicyclic) bond motifs is 3. The summed E-state index contributed by atoms with van der Waals surface area (Å²) in [6.07, 6.45) is -0.268. The summed E-state index contributed by atoms with van der Waals surface area (Å²) in [7, 11) is 1.49. The summed E-state index contributed by atoms with van der Waals surface area (Å²) < 4.78 is 5.46. The van der Waals surface area contributed by atoms with Gasteiger partial charge in [0.1, 0.15) is 12.6 Å². The van der Waals surface area contributed by atoms with E-state index in [2.05, 4.69) is 17.4 Å². The molecule has 0 aliphatic heterocycles. The number of nitrogens with one attached hydrogen (secondary N) is 1. The van der Waals surface area contributed by atoms with Crippen LogP contribution in [-0.2, 0) is 14.3 Å². The molecule has 2 N–H and O–H groups in total. The van der Waals surface area contributed by atoms with Crippen LogP contribution in [0.2, 0.25) is 0 Å². The molecule has 1 aliphatic rings. The third-order valence-electron chi connectivity index (χ3n) is 5.90. The molecule has 2 amide bonds. The molecule has 0 spiro atoms. The van der Waals surface area contributed by atoms with Crippen LogP contribution in [0.5, 0.6) is 0 Å². The van der Waals surface area contributed by atoms with Crippen LogP contribution < -0.4 is 5.32 Å². The molecule has 2 aromatic carbocycles. The smallest absolute Gasteiger partial charge is 0.407 e. The van der Waals surface area contributed by atoms with Crippen LogP contribution in [0.4, 0.5) is 4.79 Å². The maximum atomic E-state index is 12.5. The fourth-order valence-electron chi connectivity index (χ4n) is 4.24. The predicted molar refractivity (Wildman–Crippen MR) is 126 cm³/mol. The van der Waals surface area contributed by atoms with Gasteiger partial charge in [-0.3, -0.25) is 4.79 Å². The highest BCUT2D eigenvalue weighted by atomic mass is 16.5. The van der Waals surface area contributed by atoms with E-state index in [9.17, 15) is 19.5 Å². The molecule has 176 valence electrons. The van der Waals surface area contributed by atoms with Crippen LogP contribution in [0.25, 0.3) is 11.1 Å². The molecule has 0 saturated heterocycles. The van der Waals surface area contributed by atoms with Gasteiger partial charge >= 0.3 is 12.1 Å². The summed E-state index contributed by atoms with van der Waals surface area (Å²) in [5.41, 5.74) is 4.32. The fourth-order valence-corrected chi connectivity index (χ4v) is 4.24. The van der Waals surface area contributed by atoms with Crippen molar-refractivity contribution in [3.05, 3.63) is 59.7 Å². The Morgan fingerprint density at radius 3 is 2.09 bits per heavy atom. The molecule has 2 aromatic rings. The Hall–Kier alpha value is -3.35. The molecule has 1 atom stereocenters. The van der Waals surface area contributed by atoms with Crippen LogP contribution >= 0.6 is 0 Å². The number of carboxylic acid groups (broad SMARTS) is 1. The Kier molecular flexibility index (Phi) is 7.41. The summed E-state index contributed by atoms with van der Waals surface area (Å²) in [6, 6.07) is 15.3. The van der Waals surface area contributed by atoms with E-state index in [0.29, 0.717) is 6.42 Å². The van der Waals surface area contributed by atoms with E-state index < -0.39 is 18.1 Å². The lowest BCUT2D eigenvalue weighted by Gasteiger charge is -2.30. The summed E-state index contributed by atoms with van der Waals surface area (Å²) >= 11 is 0. The van der Waals surface area contributed by atoms with Crippen LogP contribution in [-0.4, -0.2) is 54.2 Å². The van der Waals surface area contributed by atoms with Crippen molar-refractivity contribution in [3.8, 4) is 11.1 Å². The van der Waals surface area contributed by atoms with Crippen molar-refractivity contribution >= 4 is 18.0 Å². The number of amides is 2. The number of nitrogens with zero attached hydrogens (tertiary/aromatic N) is 1. The van der Waals surface area contributed by atoms with E-state index in [0.717, 1.165) is 22.3 Å². The summed E-state index contributed by atoms with van der Waals surface area (Å²) in [4.78, 5) is 37.6. The molecule has 0 aromatic heterocycles. The predicted octanol–water partition coefficient (Wildman–Crippen LogP) is 4.26. The zero-order valence-corrected chi connectivity index (χ0v) is 19.6. The van der Waals surface area contributed by atoms with Gasteiger partial charge in [-0.05, 0) is 34.1 Å². The van der Waals surface area contributed by atoms with Crippen molar-refractivity contribution in [2.24, 2.45) is 5.41 Å². The molecule has 0 radical (unpaired) electrons. The van der Waals surface area contributed by atoms with Gasteiger partial charge in [-0.1, -0.05) is 69.3 Å². The van der Waals surface area contributed by atoms with Gasteiger partial charge < -0.3 is 20.1 Å². The lowest BCUT2D eigenvalue weighted by molar-refractivity contribution is -0.150. The summed E-state index contributed by atoms with van der Waals surface area (Å²) in [5, 5.41) is 12.1. The number of likely N-dealkylation sites (N-methyl/N-ethyl adjacent to an activating group) is 1. The maximum absolute atomic E-state index is 12.5. The first-order valence-corrected chi connectivity index (χ1v) is 11.2. The topological polar surface area (TPSA) is 95.9 Å². The van der Waals surface area contributed by atoms with Gasteiger partial charge in [0.25, 0.3) is 0 Å². The number of aliphatic carboxylic acids is 1. The number of carbonyl (C=O) groups excluding carboxylic acids is 2. The Bertz CT molecular complexity index is 982. The first-order chi connectivity index (χ1) is 15.6. The first kappa shape index (κ1) is 24.3. The largest absolute Gasteiger partial charge is 0.480 e. The van der Waals surface area contributed by atoms with E-state index in [1.165, 1.54) is 11.9 Å². The second-order valence-corrected chi connectivity index (χ2v) is 9.63. The lowest BCUT2D eigenvalue weighted by Crippen LogP contribution is -2.45. The van der Waals surface area contributed by atoms with Gasteiger partial charge in [0.15, 0.2) is 0 Å². The molecule has 33 heavy (non-hydrogen) atoms. The normalized spacial score (nSPS) is 13.6. The third-order valence-corrected chi connectivity index (χ3v) is 5.90. The van der Waals surface area contributed by atoms with Crippen molar-refractivity contribution in [3.63, 3.8) is 0 Å². The van der Waals surface area contributed by atoms with Crippen molar-refractivity contribution in [1.29, 1.82) is 0 Å². The highest BCUT2D eigenvalue weighted by Gasteiger charge is 2.31. The quantitative estimate of drug-likeness (QED) is 0.624. The molecule has 1 aliphatic carbocycles. The molecular formula is C26H32N2O5. The van der Waals surface area contributed by atoms with Crippen LogP contribution in [0.3, 0.4) is 0 Å². The maximum Gasteiger partial charge on any atom is 0.407 e. The van der Waals surface area contributed by atoms with Crippen LogP contribution in [0.1, 0.15) is 50.7 Å². The highest BCUT2D eigenvalue weighted by Crippen LogP contribution is 2.44. The number of hydrogen-bond acceptors (Lipinski definition) is 4. The fraction of sp³-hybridized carbons (Fsp3) is 0.423. The van der Waals surface area contributed by atoms with Gasteiger partial charge in [0, 0.05) is 25.9 Å². The average molecular weight is 453 g/mol. The molecule has 0 fully saturated rings. The molecule has 0 heterocycles. The van der Waals surface area contributed by atoms with E-state index in [-0.39, 0.29) is 36.8 Å². The van der Waals surface area contributed by atoms with E-state index in [1.807, 2.05) is 57.2 Å². The van der Waals surface area contributed by atoms with E-state index in [4.69, 9.17) is 4.74 Å². The van der Waals surface area contributed by atoms with E-state index >= 15 is 0 Å². The zero-order chi connectivity index (χ0) is 24.2. The molecule has 7 nitrogen and oxygen atoms in total. The second kappa shape index (κ2) is 10.1. The minimum Gasteiger partial charge on any atom is -0.480 e. The van der Waals surface area contributed by atoms with Crippen molar-refractivity contribution in [2.45, 2.75) is 45.6 Å². The lowest BCUT2D eigenvalue weighted by atomic mass is 9.87. The number of carbonyl (C=O) groups is 3. The monoisotopic (exact) mass is 452 g/mol. The molecule has 3 rings (SSSR count). The average Bonchev–Trinajstić information content (AvgIpc) is 3.08. The SMILES string of the molecule is CN(C(=O)CCNC(=O)OCC1c2ccccc2-c2ccccc21)C(CC(C)(C)C)C(=O)O. The summed E-state index contributed by atoms with van der Waals surface area (Å²) in [6.45, 7) is 6.06. The summed E-state index contributed by atoms with van der Waals surface area (Å²) in [5.74, 6) is -1.42. The zero-order valence-electron chi connectivity index (χ0n) is 19.6. The Labute approximate surface area is 194 Å². The molecule has 0 saturated carbocycles. The van der Waals surface area contributed by atoms with E-state index in [1.54, 1.807) is 0 Å². The minimum absolute atomic E-state index is 0.00534. The van der Waals surface area contributed by atoms with Gasteiger partial charge in [-0.15, -0.1) is 0 Å². The Morgan fingerprint density at radius 2 is 1.58 bits per heavy atom.